The van der Waals surface area contributed by atoms with Crippen molar-refractivity contribution < 1.29 is 14.3 Å². The number of aromatic nitrogens is 1. The molecule has 3 aromatic rings. The lowest BCUT2D eigenvalue weighted by Gasteiger charge is -2.09. The molecule has 0 N–H and O–H groups in total. The maximum Gasteiger partial charge on any atom is 0.200 e. The van der Waals surface area contributed by atoms with Crippen molar-refractivity contribution in [3.8, 4) is 11.5 Å². The Balaban J connectivity index is 1.77. The van der Waals surface area contributed by atoms with Crippen LogP contribution in [-0.4, -0.2) is 24.5 Å². The van der Waals surface area contributed by atoms with Crippen LogP contribution in [0.25, 0.3) is 10.9 Å². The molecule has 0 amide bonds. The van der Waals surface area contributed by atoms with Crippen LogP contribution in [0.1, 0.15) is 10.4 Å². The van der Waals surface area contributed by atoms with Crippen LogP contribution in [0.15, 0.2) is 59.2 Å². The number of carbonyl (C=O) groups excluding carboxylic acids is 1. The van der Waals surface area contributed by atoms with E-state index in [-0.39, 0.29) is 12.4 Å². The van der Waals surface area contributed by atoms with Crippen molar-refractivity contribution >= 4 is 32.6 Å². The predicted molar refractivity (Wildman–Crippen MR) is 92.3 cm³/mol. The molecule has 2 aromatic carbocycles. The minimum atomic E-state index is -0.110. The number of Topliss-reactive ketones (excluding diaryl/α,β-unsaturated/α-hetero) is 1. The number of pyridine rings is 1. The second kappa shape index (κ2) is 6.79. The number of ketones is 1. The fourth-order valence-electron chi connectivity index (χ4n) is 2.26. The summed E-state index contributed by atoms with van der Waals surface area (Å²) in [6.45, 7) is -0.0472. The van der Waals surface area contributed by atoms with Crippen LogP contribution in [0.2, 0.25) is 0 Å². The van der Waals surface area contributed by atoms with Gasteiger partial charge in [-0.25, -0.2) is 0 Å². The largest absolute Gasteiger partial charge is 0.496 e. The summed E-state index contributed by atoms with van der Waals surface area (Å²) >= 11 is 3.38. The molecule has 0 atom stereocenters. The molecule has 0 saturated heterocycles. The van der Waals surface area contributed by atoms with Gasteiger partial charge in [0.15, 0.2) is 12.4 Å². The molecule has 1 aromatic heterocycles. The molecule has 0 radical (unpaired) electrons. The normalized spacial score (nSPS) is 10.5. The Morgan fingerprint density at radius 2 is 1.96 bits per heavy atom. The van der Waals surface area contributed by atoms with Gasteiger partial charge < -0.3 is 9.47 Å². The minimum Gasteiger partial charge on any atom is -0.496 e. The van der Waals surface area contributed by atoms with Gasteiger partial charge in [-0.15, -0.1) is 0 Å². The summed E-state index contributed by atoms with van der Waals surface area (Å²) in [5, 5.41) is 0.977. The van der Waals surface area contributed by atoms with E-state index in [1.54, 1.807) is 31.5 Å². The van der Waals surface area contributed by atoms with Crippen molar-refractivity contribution in [2.24, 2.45) is 0 Å². The maximum atomic E-state index is 12.3. The second-order valence-electron chi connectivity index (χ2n) is 4.89. The van der Waals surface area contributed by atoms with E-state index in [0.717, 1.165) is 15.4 Å². The van der Waals surface area contributed by atoms with Crippen LogP contribution < -0.4 is 9.47 Å². The van der Waals surface area contributed by atoms with Gasteiger partial charge in [0, 0.05) is 17.1 Å². The van der Waals surface area contributed by atoms with E-state index >= 15 is 0 Å². The number of hydrogen-bond donors (Lipinski definition) is 0. The van der Waals surface area contributed by atoms with Crippen LogP contribution in [0.4, 0.5) is 0 Å². The quantitative estimate of drug-likeness (QED) is 0.628. The lowest BCUT2D eigenvalue weighted by molar-refractivity contribution is 0.0922. The fraction of sp³-hybridized carbons (Fsp3) is 0.111. The number of benzene rings is 2. The number of methoxy groups -OCH3 is 1. The molecule has 0 aliphatic rings. The van der Waals surface area contributed by atoms with E-state index in [9.17, 15) is 4.79 Å². The molecular weight excluding hydrogens is 358 g/mol. The number of fused-ring (bicyclic) bond motifs is 1. The Morgan fingerprint density at radius 3 is 2.74 bits per heavy atom. The lowest BCUT2D eigenvalue weighted by Crippen LogP contribution is -2.12. The van der Waals surface area contributed by atoms with Crippen LogP contribution in [0.5, 0.6) is 11.5 Å². The molecule has 23 heavy (non-hydrogen) atoms. The highest BCUT2D eigenvalue weighted by molar-refractivity contribution is 9.10. The van der Waals surface area contributed by atoms with E-state index in [2.05, 4.69) is 20.9 Å². The van der Waals surface area contributed by atoms with Crippen molar-refractivity contribution in [1.82, 2.24) is 4.98 Å². The smallest absolute Gasteiger partial charge is 0.200 e. The monoisotopic (exact) mass is 371 g/mol. The number of rotatable bonds is 5. The molecule has 0 bridgehead atoms. The maximum absolute atomic E-state index is 12.3. The number of para-hydroxylation sites is 1. The third-order valence-electron chi connectivity index (χ3n) is 3.43. The Bertz CT molecular complexity index is 859. The molecule has 1 heterocycles. The van der Waals surface area contributed by atoms with E-state index in [1.807, 2.05) is 30.3 Å². The van der Waals surface area contributed by atoms with E-state index < -0.39 is 0 Å². The average molecular weight is 372 g/mol. The summed E-state index contributed by atoms with van der Waals surface area (Å²) in [7, 11) is 1.58. The molecule has 0 unspecified atom stereocenters. The van der Waals surface area contributed by atoms with Crippen molar-refractivity contribution in [1.29, 1.82) is 0 Å². The van der Waals surface area contributed by atoms with Gasteiger partial charge in [0.1, 0.15) is 17.0 Å². The van der Waals surface area contributed by atoms with Crippen LogP contribution >= 0.6 is 15.9 Å². The molecule has 4 nitrogen and oxygen atoms in total. The molecule has 0 aliphatic heterocycles. The highest BCUT2D eigenvalue weighted by atomic mass is 79.9. The summed E-state index contributed by atoms with van der Waals surface area (Å²) in [6.07, 6.45) is 1.71. The van der Waals surface area contributed by atoms with E-state index in [4.69, 9.17) is 9.47 Å². The summed E-state index contributed by atoms with van der Waals surface area (Å²) < 4.78 is 11.6. The highest BCUT2D eigenvalue weighted by Gasteiger charge is 2.11. The zero-order valence-electron chi connectivity index (χ0n) is 12.5. The standard InChI is InChI=1S/C18H14BrNO3/c1-22-16-8-7-13(10-14(16)19)15(21)11-23-17-6-2-4-12-5-3-9-20-18(12)17/h2-10H,11H2,1H3. The molecule has 0 aliphatic carbocycles. The Labute approximate surface area is 142 Å². The SMILES string of the molecule is COc1ccc(C(=O)COc2cccc3cccnc23)cc1Br. The lowest BCUT2D eigenvalue weighted by atomic mass is 10.1. The van der Waals surface area contributed by atoms with Gasteiger partial charge in [0.2, 0.25) is 0 Å². The van der Waals surface area contributed by atoms with Gasteiger partial charge >= 0.3 is 0 Å². The number of ether oxygens (including phenoxy) is 2. The fourth-order valence-corrected chi connectivity index (χ4v) is 2.80. The van der Waals surface area contributed by atoms with E-state index in [0.29, 0.717) is 17.1 Å². The molecule has 116 valence electrons. The Kier molecular flexibility index (Phi) is 4.57. The molecule has 0 saturated carbocycles. The average Bonchev–Trinajstić information content (AvgIpc) is 2.59. The zero-order valence-corrected chi connectivity index (χ0v) is 14.0. The van der Waals surface area contributed by atoms with Crippen molar-refractivity contribution in [3.63, 3.8) is 0 Å². The summed E-state index contributed by atoms with van der Waals surface area (Å²) in [6, 6.07) is 14.7. The first-order valence-electron chi connectivity index (χ1n) is 7.02. The molecular formula is C18H14BrNO3. The van der Waals surface area contributed by atoms with Crippen LogP contribution in [-0.2, 0) is 0 Å². The minimum absolute atomic E-state index is 0.0472. The van der Waals surface area contributed by atoms with Gasteiger partial charge in [0.05, 0.1) is 11.6 Å². The Hall–Kier alpha value is -2.40. The van der Waals surface area contributed by atoms with Gasteiger partial charge in [-0.2, -0.15) is 0 Å². The van der Waals surface area contributed by atoms with Gasteiger partial charge in [-0.1, -0.05) is 18.2 Å². The number of halogens is 1. The summed E-state index contributed by atoms with van der Waals surface area (Å²) in [4.78, 5) is 16.6. The van der Waals surface area contributed by atoms with Gasteiger partial charge in [-0.3, -0.25) is 9.78 Å². The van der Waals surface area contributed by atoms with Crippen molar-refractivity contribution in [2.45, 2.75) is 0 Å². The number of hydrogen-bond acceptors (Lipinski definition) is 4. The van der Waals surface area contributed by atoms with Gasteiger partial charge in [0.25, 0.3) is 0 Å². The first-order chi connectivity index (χ1) is 11.2. The molecule has 0 fully saturated rings. The summed E-state index contributed by atoms with van der Waals surface area (Å²) in [5.41, 5.74) is 1.31. The molecule has 0 spiro atoms. The predicted octanol–water partition coefficient (Wildman–Crippen LogP) is 4.27. The third-order valence-corrected chi connectivity index (χ3v) is 4.05. The first-order valence-corrected chi connectivity index (χ1v) is 7.81. The first kappa shape index (κ1) is 15.5. The van der Waals surface area contributed by atoms with Crippen LogP contribution in [0, 0.1) is 0 Å². The topological polar surface area (TPSA) is 48.4 Å². The van der Waals surface area contributed by atoms with Gasteiger partial charge in [-0.05, 0) is 46.3 Å². The van der Waals surface area contributed by atoms with E-state index in [1.165, 1.54) is 0 Å². The Morgan fingerprint density at radius 1 is 1.13 bits per heavy atom. The zero-order chi connectivity index (χ0) is 16.2. The second-order valence-corrected chi connectivity index (χ2v) is 5.75. The number of nitrogens with zero attached hydrogens (tertiary/aromatic N) is 1. The molecule has 3 rings (SSSR count). The summed E-state index contributed by atoms with van der Waals surface area (Å²) in [5.74, 6) is 1.17. The van der Waals surface area contributed by atoms with Crippen molar-refractivity contribution in [2.75, 3.05) is 13.7 Å². The van der Waals surface area contributed by atoms with Crippen LogP contribution in [0.3, 0.4) is 0 Å². The molecule has 5 heteroatoms. The third kappa shape index (κ3) is 3.35. The highest BCUT2D eigenvalue weighted by Crippen LogP contribution is 2.26. The van der Waals surface area contributed by atoms with Crippen molar-refractivity contribution in [3.05, 3.63) is 64.8 Å². The number of carbonyl (C=O) groups is 1.